The van der Waals surface area contributed by atoms with E-state index in [9.17, 15) is 0 Å². The summed E-state index contributed by atoms with van der Waals surface area (Å²) in [6.45, 7) is 0. The topological polar surface area (TPSA) is 0 Å². The number of rotatable bonds is 7. The van der Waals surface area contributed by atoms with Crippen molar-refractivity contribution < 1.29 is 0 Å². The highest BCUT2D eigenvalue weighted by molar-refractivity contribution is 8.17. The number of allylic oxidation sites excluding steroid dienone is 7. The van der Waals surface area contributed by atoms with Crippen LogP contribution in [-0.4, -0.2) is 0 Å². The van der Waals surface area contributed by atoms with Crippen LogP contribution in [0.25, 0.3) is 35.4 Å². The van der Waals surface area contributed by atoms with Gasteiger partial charge in [-0.1, -0.05) is 66.4 Å². The van der Waals surface area contributed by atoms with Gasteiger partial charge in [0.15, 0.2) is 0 Å². The molecular weight excluding hydrogens is 565 g/mol. The fourth-order valence-corrected chi connectivity index (χ4v) is 9.34. The van der Waals surface area contributed by atoms with Gasteiger partial charge in [0.25, 0.3) is 0 Å². The zero-order chi connectivity index (χ0) is 24.9. The fraction of sp³-hybridized carbons (Fsp3) is 0. The van der Waals surface area contributed by atoms with Crippen LogP contribution in [0.1, 0.15) is 15.3 Å². The van der Waals surface area contributed by atoms with Crippen LogP contribution in [0, 0.1) is 0 Å². The van der Waals surface area contributed by atoms with Crippen LogP contribution in [0.5, 0.6) is 0 Å². The van der Waals surface area contributed by atoms with E-state index < -0.39 is 0 Å². The first-order valence-electron chi connectivity index (χ1n) is 11.6. The molecule has 6 heterocycles. The minimum absolute atomic E-state index is 1.22. The van der Waals surface area contributed by atoms with Crippen molar-refractivity contribution in [1.82, 2.24) is 0 Å². The van der Waals surface area contributed by atoms with Crippen LogP contribution in [0.3, 0.4) is 0 Å². The van der Waals surface area contributed by atoms with Crippen molar-refractivity contribution in [2.75, 3.05) is 0 Å². The van der Waals surface area contributed by atoms with Crippen molar-refractivity contribution in [1.29, 1.82) is 0 Å². The molecule has 5 aromatic rings. The highest BCUT2D eigenvalue weighted by atomic mass is 32.2. The molecule has 5 aromatic heterocycles. The molecule has 6 heteroatoms. The predicted molar refractivity (Wildman–Crippen MR) is 174 cm³/mol. The summed E-state index contributed by atoms with van der Waals surface area (Å²) >= 11 is 10.9. The molecule has 0 unspecified atom stereocenters. The normalized spacial score (nSPS) is 13.9. The SMILES string of the molecule is C(/C=C/C=C/c1cc(-c2cccs2)[s+]c(-c2cccs2)c1)=C1C=C(c2cccs2)SC(c2cccs2)=C1. The largest absolute Gasteiger partial charge is 0.249 e. The van der Waals surface area contributed by atoms with Gasteiger partial charge in [0.05, 0.1) is 9.75 Å². The minimum Gasteiger partial charge on any atom is -0.143 e. The molecule has 0 spiro atoms. The molecule has 0 bridgehead atoms. The number of hydrogen-bond acceptors (Lipinski definition) is 5. The lowest BCUT2D eigenvalue weighted by molar-refractivity contribution is 1.69. The van der Waals surface area contributed by atoms with E-state index in [4.69, 9.17) is 0 Å². The Hall–Kier alpha value is -2.58. The minimum atomic E-state index is 1.22. The van der Waals surface area contributed by atoms with Crippen molar-refractivity contribution >= 4 is 84.3 Å². The quantitative estimate of drug-likeness (QED) is 0.135. The van der Waals surface area contributed by atoms with Gasteiger partial charge in [-0.2, -0.15) is 0 Å². The number of thiophene rings is 4. The van der Waals surface area contributed by atoms with Crippen LogP contribution in [-0.2, 0) is 0 Å². The van der Waals surface area contributed by atoms with E-state index in [0.717, 1.165) is 0 Å². The Morgan fingerprint density at radius 2 is 1.08 bits per heavy atom. The monoisotopic (exact) mass is 585 g/mol. The molecule has 0 aliphatic carbocycles. The molecule has 37 heavy (non-hydrogen) atoms. The van der Waals surface area contributed by atoms with Crippen molar-refractivity contribution in [2.24, 2.45) is 0 Å². The molecular formula is C31H21S6+. The van der Waals surface area contributed by atoms with E-state index >= 15 is 0 Å². The summed E-state index contributed by atoms with van der Waals surface area (Å²) in [6, 6.07) is 21.9. The molecule has 6 rings (SSSR count). The van der Waals surface area contributed by atoms with Gasteiger partial charge in [0.2, 0.25) is 21.1 Å². The summed E-state index contributed by atoms with van der Waals surface area (Å²) in [6.07, 6.45) is 15.4. The van der Waals surface area contributed by atoms with Crippen molar-refractivity contribution in [3.8, 4) is 19.5 Å². The third-order valence-electron chi connectivity index (χ3n) is 5.49. The molecule has 0 aromatic carbocycles. The van der Waals surface area contributed by atoms with E-state index in [2.05, 4.69) is 125 Å². The third-order valence-corrected chi connectivity index (χ3v) is 11.8. The van der Waals surface area contributed by atoms with Crippen molar-refractivity contribution in [2.45, 2.75) is 0 Å². The van der Waals surface area contributed by atoms with E-state index in [1.807, 2.05) is 23.1 Å². The van der Waals surface area contributed by atoms with E-state index in [1.165, 1.54) is 50.2 Å². The zero-order valence-electron chi connectivity index (χ0n) is 19.6. The summed E-state index contributed by atoms with van der Waals surface area (Å²) in [5.41, 5.74) is 2.44. The lowest BCUT2D eigenvalue weighted by atomic mass is 10.1. The second kappa shape index (κ2) is 11.9. The second-order valence-corrected chi connectivity index (χ2v) is 14.0. The zero-order valence-corrected chi connectivity index (χ0v) is 24.5. The highest BCUT2D eigenvalue weighted by Crippen LogP contribution is 2.46. The molecule has 0 radical (unpaired) electrons. The van der Waals surface area contributed by atoms with Gasteiger partial charge in [-0.05, 0) is 69.1 Å². The molecule has 180 valence electrons. The van der Waals surface area contributed by atoms with Crippen LogP contribution in [0.15, 0.2) is 124 Å². The van der Waals surface area contributed by atoms with Gasteiger partial charge < -0.3 is 0 Å². The lowest BCUT2D eigenvalue weighted by Gasteiger charge is -2.14. The predicted octanol–water partition coefficient (Wildman–Crippen LogP) is 11.9. The summed E-state index contributed by atoms with van der Waals surface area (Å²) in [4.78, 5) is 10.5. The highest BCUT2D eigenvalue weighted by Gasteiger charge is 2.19. The third kappa shape index (κ3) is 6.12. The molecule has 1 aliphatic rings. The molecule has 0 nitrogen and oxygen atoms in total. The molecule has 0 amide bonds. The van der Waals surface area contributed by atoms with Crippen LogP contribution in [0.4, 0.5) is 0 Å². The Morgan fingerprint density at radius 1 is 0.568 bits per heavy atom. The van der Waals surface area contributed by atoms with Gasteiger partial charge in [-0.3, -0.25) is 0 Å². The van der Waals surface area contributed by atoms with E-state index in [-0.39, 0.29) is 0 Å². The molecule has 0 N–H and O–H groups in total. The summed E-state index contributed by atoms with van der Waals surface area (Å²) in [5, 5.41) is 8.58. The van der Waals surface area contributed by atoms with Gasteiger partial charge in [0, 0.05) is 31.7 Å². The molecule has 0 saturated heterocycles. The van der Waals surface area contributed by atoms with Crippen LogP contribution < -0.4 is 0 Å². The van der Waals surface area contributed by atoms with Gasteiger partial charge in [0.1, 0.15) is 0 Å². The first-order chi connectivity index (χ1) is 18.3. The first-order valence-corrected chi connectivity index (χ1v) is 16.8. The van der Waals surface area contributed by atoms with Crippen LogP contribution in [0.2, 0.25) is 0 Å². The van der Waals surface area contributed by atoms with Gasteiger partial charge >= 0.3 is 0 Å². The van der Waals surface area contributed by atoms with Crippen molar-refractivity contribution in [3.05, 3.63) is 140 Å². The molecule has 0 atom stereocenters. The maximum absolute atomic E-state index is 2.29. The lowest BCUT2D eigenvalue weighted by Crippen LogP contribution is -1.87. The Bertz CT molecular complexity index is 1500. The smallest absolute Gasteiger partial charge is 0.143 e. The molecule has 0 saturated carbocycles. The summed E-state index contributed by atoms with van der Waals surface area (Å²) in [5.74, 6) is 0. The van der Waals surface area contributed by atoms with Crippen molar-refractivity contribution in [3.63, 3.8) is 0 Å². The van der Waals surface area contributed by atoms with Crippen LogP contribution >= 0.6 is 68.4 Å². The van der Waals surface area contributed by atoms with E-state index in [1.54, 1.807) is 45.3 Å². The Kier molecular flexibility index (Phi) is 7.93. The summed E-state index contributed by atoms with van der Waals surface area (Å²) in [7, 11) is 0. The Morgan fingerprint density at radius 3 is 1.57 bits per heavy atom. The van der Waals surface area contributed by atoms with E-state index in [0.29, 0.717) is 0 Å². The van der Waals surface area contributed by atoms with Gasteiger partial charge in [-0.15, -0.1) is 45.3 Å². The molecule has 1 aliphatic heterocycles. The first kappa shape index (κ1) is 24.7. The number of hydrogen-bond donors (Lipinski definition) is 0. The fourth-order valence-electron chi connectivity index (χ4n) is 3.79. The molecule has 0 fully saturated rings. The van der Waals surface area contributed by atoms with Gasteiger partial charge in [-0.25, -0.2) is 0 Å². The Balaban J connectivity index is 1.26. The average Bonchev–Trinajstić information content (AvgIpc) is 3.75. The number of thioether (sulfide) groups is 1. The maximum Gasteiger partial charge on any atom is 0.249 e. The summed E-state index contributed by atoms with van der Waals surface area (Å²) < 4.78 is 0. The standard InChI is InChI=1S/C31H21S6/c1(2-8-22-18-28(24-10-4-14-32-24)36-29(19-22)25-11-5-15-33-25)3-9-23-20-30(26-12-6-16-34-26)37-31(21-23)27-13-7-17-35-27/h1-21H/q+1. The average molecular weight is 586 g/mol. The second-order valence-electron chi connectivity index (χ2n) is 8.06. The Labute approximate surface area is 241 Å². The maximum atomic E-state index is 2.29.